The van der Waals surface area contributed by atoms with E-state index in [0.717, 1.165) is 17.0 Å². The molecule has 0 saturated heterocycles. The van der Waals surface area contributed by atoms with E-state index < -0.39 is 11.9 Å². The highest BCUT2D eigenvalue weighted by Gasteiger charge is 2.14. The van der Waals surface area contributed by atoms with Gasteiger partial charge in [-0.1, -0.05) is 11.6 Å². The Labute approximate surface area is 141 Å². The lowest BCUT2D eigenvalue weighted by atomic mass is 10.1. The smallest absolute Gasteiger partial charge is 0.433 e. The highest BCUT2D eigenvalue weighted by molar-refractivity contribution is 6.31. The van der Waals surface area contributed by atoms with Gasteiger partial charge in [-0.2, -0.15) is 4.99 Å². The number of aliphatic imine (C=N–C) groups is 1. The highest BCUT2D eigenvalue weighted by Crippen LogP contribution is 2.24. The van der Waals surface area contributed by atoms with Crippen LogP contribution in [0.2, 0.25) is 5.02 Å². The Hall–Kier alpha value is -2.93. The number of carboxylic acid groups (broad SMARTS) is 1. The lowest BCUT2D eigenvalue weighted by molar-refractivity contribution is 0.205. The zero-order chi connectivity index (χ0) is 17.3. The summed E-state index contributed by atoms with van der Waals surface area (Å²) in [5, 5.41) is 9.73. The predicted molar refractivity (Wildman–Crippen MR) is 89.0 cm³/mol. The van der Waals surface area contributed by atoms with Gasteiger partial charge in [0.1, 0.15) is 11.7 Å². The fourth-order valence-corrected chi connectivity index (χ4v) is 2.67. The van der Waals surface area contributed by atoms with Crippen LogP contribution in [0.3, 0.4) is 0 Å². The molecule has 0 atom stereocenters. The molecule has 0 unspecified atom stereocenters. The average molecular weight is 347 g/mol. The molecule has 0 aliphatic rings. The van der Waals surface area contributed by atoms with Crippen LogP contribution in [-0.2, 0) is 6.54 Å². The summed E-state index contributed by atoms with van der Waals surface area (Å²) in [5.41, 5.74) is 6.76. The number of fused-ring (bicyclic) bond motifs is 1. The van der Waals surface area contributed by atoms with Crippen molar-refractivity contribution in [2.75, 3.05) is 0 Å². The van der Waals surface area contributed by atoms with Crippen LogP contribution < -0.4 is 5.73 Å². The first-order chi connectivity index (χ1) is 11.5. The van der Waals surface area contributed by atoms with Gasteiger partial charge in [-0.25, -0.2) is 9.18 Å². The van der Waals surface area contributed by atoms with E-state index in [1.807, 2.05) is 22.9 Å². The quantitative estimate of drug-likeness (QED) is 0.562. The van der Waals surface area contributed by atoms with E-state index in [9.17, 15) is 9.18 Å². The SMILES string of the molecule is NC(=NC(=O)O)c1cc(F)c(Cn2ccc3ccncc32)c(Cl)c1. The van der Waals surface area contributed by atoms with Crippen molar-refractivity contribution in [1.82, 2.24) is 9.55 Å². The van der Waals surface area contributed by atoms with E-state index in [1.165, 1.54) is 6.07 Å². The summed E-state index contributed by atoms with van der Waals surface area (Å²) < 4.78 is 16.2. The van der Waals surface area contributed by atoms with Crippen molar-refractivity contribution in [3.8, 4) is 0 Å². The molecule has 8 heteroatoms. The van der Waals surface area contributed by atoms with Gasteiger partial charge in [0.25, 0.3) is 0 Å². The maximum absolute atomic E-state index is 14.4. The Balaban J connectivity index is 1.99. The highest BCUT2D eigenvalue weighted by atomic mass is 35.5. The fraction of sp³-hybridized carbons (Fsp3) is 0.0625. The lowest BCUT2D eigenvalue weighted by Gasteiger charge is -2.11. The topological polar surface area (TPSA) is 93.5 Å². The lowest BCUT2D eigenvalue weighted by Crippen LogP contribution is -2.16. The summed E-state index contributed by atoms with van der Waals surface area (Å²) in [7, 11) is 0. The molecule has 0 saturated carbocycles. The fourth-order valence-electron chi connectivity index (χ4n) is 2.41. The molecular formula is C16H12ClFN4O2. The number of nitrogens with two attached hydrogens (primary N) is 1. The molecule has 0 bridgehead atoms. The molecule has 0 aliphatic heterocycles. The van der Waals surface area contributed by atoms with Crippen LogP contribution in [0.1, 0.15) is 11.1 Å². The monoisotopic (exact) mass is 346 g/mol. The molecular weight excluding hydrogens is 335 g/mol. The molecule has 3 aromatic rings. The number of hydrogen-bond acceptors (Lipinski definition) is 2. The van der Waals surface area contributed by atoms with Crippen molar-refractivity contribution in [3.05, 3.63) is 64.8 Å². The molecule has 6 nitrogen and oxygen atoms in total. The number of hydrogen-bond donors (Lipinski definition) is 2. The van der Waals surface area contributed by atoms with Crippen LogP contribution in [0.5, 0.6) is 0 Å². The molecule has 24 heavy (non-hydrogen) atoms. The Morgan fingerprint density at radius 2 is 2.21 bits per heavy atom. The second kappa shape index (κ2) is 6.29. The predicted octanol–water partition coefficient (Wildman–Crippen LogP) is 3.26. The van der Waals surface area contributed by atoms with Gasteiger partial charge in [-0.15, -0.1) is 0 Å². The van der Waals surface area contributed by atoms with Crippen molar-refractivity contribution < 1.29 is 14.3 Å². The van der Waals surface area contributed by atoms with E-state index in [4.69, 9.17) is 22.4 Å². The van der Waals surface area contributed by atoms with Gasteiger partial charge in [-0.3, -0.25) is 4.98 Å². The van der Waals surface area contributed by atoms with Gasteiger partial charge in [0, 0.05) is 33.9 Å². The Morgan fingerprint density at radius 1 is 1.42 bits per heavy atom. The van der Waals surface area contributed by atoms with Crippen molar-refractivity contribution >= 4 is 34.4 Å². The Bertz CT molecular complexity index is 945. The van der Waals surface area contributed by atoms with Crippen molar-refractivity contribution in [2.24, 2.45) is 10.7 Å². The summed E-state index contributed by atoms with van der Waals surface area (Å²) >= 11 is 6.16. The van der Waals surface area contributed by atoms with E-state index in [2.05, 4.69) is 9.98 Å². The summed E-state index contributed by atoms with van der Waals surface area (Å²) in [6.45, 7) is 0.204. The molecule has 3 N–H and O–H groups in total. The summed E-state index contributed by atoms with van der Waals surface area (Å²) in [5.74, 6) is -0.905. The third-order valence-corrected chi connectivity index (χ3v) is 3.89. The van der Waals surface area contributed by atoms with Gasteiger partial charge in [0.2, 0.25) is 0 Å². The Kier molecular flexibility index (Phi) is 4.18. The minimum absolute atomic E-state index is 0.114. The number of carbonyl (C=O) groups is 1. The standard InChI is InChI=1S/C16H12ClFN4O2/c17-12-5-10(15(19)21-16(23)24)6-13(18)11(12)8-22-4-2-9-1-3-20-7-14(9)22/h1-7H,8H2,(H2,19,21)(H,23,24). The van der Waals surface area contributed by atoms with Crippen molar-refractivity contribution in [2.45, 2.75) is 6.54 Å². The van der Waals surface area contributed by atoms with Gasteiger partial charge in [0.15, 0.2) is 0 Å². The van der Waals surface area contributed by atoms with E-state index in [-0.39, 0.29) is 28.5 Å². The molecule has 1 amide bonds. The number of amidine groups is 1. The number of amides is 1. The maximum atomic E-state index is 14.4. The Morgan fingerprint density at radius 3 is 2.92 bits per heavy atom. The summed E-state index contributed by atoms with van der Waals surface area (Å²) in [6.07, 6.45) is 3.72. The number of pyridine rings is 1. The second-order valence-electron chi connectivity index (χ2n) is 5.08. The van der Waals surface area contributed by atoms with Crippen LogP contribution in [0, 0.1) is 5.82 Å². The molecule has 0 spiro atoms. The zero-order valence-corrected chi connectivity index (χ0v) is 13.0. The zero-order valence-electron chi connectivity index (χ0n) is 12.3. The molecule has 0 fully saturated rings. The van der Waals surface area contributed by atoms with E-state index in [1.54, 1.807) is 12.4 Å². The largest absolute Gasteiger partial charge is 0.463 e. The first-order valence-electron chi connectivity index (χ1n) is 6.90. The minimum Gasteiger partial charge on any atom is -0.463 e. The number of benzene rings is 1. The minimum atomic E-state index is -1.46. The molecule has 3 rings (SSSR count). The van der Waals surface area contributed by atoms with Gasteiger partial charge >= 0.3 is 6.09 Å². The third-order valence-electron chi connectivity index (χ3n) is 3.56. The molecule has 2 heterocycles. The van der Waals surface area contributed by atoms with E-state index in [0.29, 0.717) is 0 Å². The molecule has 2 aromatic heterocycles. The average Bonchev–Trinajstić information content (AvgIpc) is 2.93. The van der Waals surface area contributed by atoms with Crippen molar-refractivity contribution in [1.29, 1.82) is 0 Å². The van der Waals surface area contributed by atoms with Gasteiger partial charge in [-0.05, 0) is 24.3 Å². The van der Waals surface area contributed by atoms with Crippen LogP contribution in [0.15, 0.2) is 47.8 Å². The van der Waals surface area contributed by atoms with Crippen LogP contribution in [0.25, 0.3) is 10.9 Å². The molecule has 0 radical (unpaired) electrons. The maximum Gasteiger partial charge on any atom is 0.433 e. The normalized spacial score (nSPS) is 11.8. The second-order valence-corrected chi connectivity index (χ2v) is 5.48. The van der Waals surface area contributed by atoms with Crippen LogP contribution in [-0.4, -0.2) is 26.6 Å². The van der Waals surface area contributed by atoms with Crippen LogP contribution in [0.4, 0.5) is 9.18 Å². The third kappa shape index (κ3) is 3.07. The number of aromatic nitrogens is 2. The summed E-state index contributed by atoms with van der Waals surface area (Å²) in [4.78, 5) is 17.8. The molecule has 122 valence electrons. The van der Waals surface area contributed by atoms with Gasteiger partial charge in [0.05, 0.1) is 18.3 Å². The molecule has 1 aromatic carbocycles. The first kappa shape index (κ1) is 15.9. The van der Waals surface area contributed by atoms with E-state index >= 15 is 0 Å². The summed E-state index contributed by atoms with van der Waals surface area (Å²) in [6, 6.07) is 6.27. The number of nitrogens with zero attached hydrogens (tertiary/aromatic N) is 3. The van der Waals surface area contributed by atoms with Crippen LogP contribution >= 0.6 is 11.6 Å². The first-order valence-corrected chi connectivity index (χ1v) is 7.27. The number of halogens is 2. The molecule has 0 aliphatic carbocycles. The number of rotatable bonds is 3. The van der Waals surface area contributed by atoms with Gasteiger partial charge < -0.3 is 15.4 Å². The van der Waals surface area contributed by atoms with Crippen molar-refractivity contribution in [3.63, 3.8) is 0 Å².